The lowest BCUT2D eigenvalue weighted by atomic mass is 9.93. The topological polar surface area (TPSA) is 0 Å². The van der Waals surface area contributed by atoms with Gasteiger partial charge in [-0.3, -0.25) is 0 Å². The molecule has 0 heteroatoms. The van der Waals surface area contributed by atoms with Crippen LogP contribution in [0.25, 0.3) is 0 Å². The first-order valence-corrected chi connectivity index (χ1v) is 7.66. The van der Waals surface area contributed by atoms with E-state index in [0.717, 1.165) is 11.8 Å². The molecule has 0 aliphatic heterocycles. The molecule has 98 valence electrons. The van der Waals surface area contributed by atoms with Crippen molar-refractivity contribution in [3.63, 3.8) is 0 Å². The maximum atomic E-state index is 2.42. The van der Waals surface area contributed by atoms with Crippen LogP contribution < -0.4 is 0 Å². The van der Waals surface area contributed by atoms with Crippen molar-refractivity contribution in [3.05, 3.63) is 0 Å². The predicted octanol–water partition coefficient (Wildman–Crippen LogP) is 6.20. The van der Waals surface area contributed by atoms with Crippen LogP contribution in [0, 0.1) is 11.8 Å². The molecule has 1 atom stereocenters. The standard InChI is InChI=1S/C16H34/c1-5-6-7-8-9-10-11-12-13-16(4)14-15(2)3/h15-16H,5-14H2,1-4H3. The molecule has 1 unspecified atom stereocenters. The normalized spacial score (nSPS) is 13.3. The third-order valence-corrected chi connectivity index (χ3v) is 3.42. The van der Waals surface area contributed by atoms with Crippen molar-refractivity contribution in [1.82, 2.24) is 0 Å². The molecule has 0 aromatic rings. The lowest BCUT2D eigenvalue weighted by Crippen LogP contribution is -1.99. The predicted molar refractivity (Wildman–Crippen MR) is 75.8 cm³/mol. The smallest absolute Gasteiger partial charge is 0.0440 e. The zero-order valence-electron chi connectivity index (χ0n) is 12.2. The summed E-state index contributed by atoms with van der Waals surface area (Å²) < 4.78 is 0. The Kier molecular flexibility index (Phi) is 11.5. The van der Waals surface area contributed by atoms with Crippen LogP contribution in [0.5, 0.6) is 0 Å². The van der Waals surface area contributed by atoms with E-state index in [1.54, 1.807) is 0 Å². The first kappa shape index (κ1) is 16.0. The van der Waals surface area contributed by atoms with E-state index in [-0.39, 0.29) is 0 Å². The first-order chi connectivity index (χ1) is 7.66. The molecule has 0 spiro atoms. The Balaban J connectivity index is 3.08. The number of hydrogen-bond acceptors (Lipinski definition) is 0. The second-order valence-corrected chi connectivity index (χ2v) is 6.00. The van der Waals surface area contributed by atoms with Gasteiger partial charge in [-0.25, -0.2) is 0 Å². The van der Waals surface area contributed by atoms with Gasteiger partial charge in [0.05, 0.1) is 0 Å². The van der Waals surface area contributed by atoms with Gasteiger partial charge in [0.2, 0.25) is 0 Å². The number of rotatable bonds is 11. The van der Waals surface area contributed by atoms with Crippen LogP contribution in [0.1, 0.15) is 91.9 Å². The molecule has 0 nitrogen and oxygen atoms in total. The Morgan fingerprint density at radius 1 is 0.688 bits per heavy atom. The zero-order valence-corrected chi connectivity index (χ0v) is 12.2. The van der Waals surface area contributed by atoms with E-state index in [1.807, 2.05) is 0 Å². The maximum Gasteiger partial charge on any atom is -0.0440 e. The van der Waals surface area contributed by atoms with Crippen molar-refractivity contribution in [2.75, 3.05) is 0 Å². The minimum Gasteiger partial charge on any atom is -0.0654 e. The van der Waals surface area contributed by atoms with Crippen LogP contribution in [0.3, 0.4) is 0 Å². The monoisotopic (exact) mass is 226 g/mol. The van der Waals surface area contributed by atoms with E-state index in [0.29, 0.717) is 0 Å². The van der Waals surface area contributed by atoms with Gasteiger partial charge in [0.15, 0.2) is 0 Å². The van der Waals surface area contributed by atoms with Crippen molar-refractivity contribution in [3.8, 4) is 0 Å². The average Bonchev–Trinajstić information content (AvgIpc) is 2.21. The number of unbranched alkanes of at least 4 members (excludes halogenated alkanes) is 7. The fourth-order valence-electron chi connectivity index (χ4n) is 2.55. The molecular formula is C16H34. The molecule has 16 heavy (non-hydrogen) atoms. The summed E-state index contributed by atoms with van der Waals surface area (Å²) in [7, 11) is 0. The van der Waals surface area contributed by atoms with Gasteiger partial charge in [-0.2, -0.15) is 0 Å². The van der Waals surface area contributed by atoms with Crippen LogP contribution in [-0.4, -0.2) is 0 Å². The molecule has 0 aromatic heterocycles. The third-order valence-electron chi connectivity index (χ3n) is 3.42. The summed E-state index contributed by atoms with van der Waals surface area (Å²) in [6, 6.07) is 0. The first-order valence-electron chi connectivity index (χ1n) is 7.66. The Morgan fingerprint density at radius 3 is 1.69 bits per heavy atom. The molecule has 0 aliphatic carbocycles. The van der Waals surface area contributed by atoms with Crippen LogP contribution in [0.4, 0.5) is 0 Å². The zero-order chi connectivity index (χ0) is 12.2. The van der Waals surface area contributed by atoms with Crippen LogP contribution >= 0.6 is 0 Å². The molecule has 0 fully saturated rings. The molecule has 0 rings (SSSR count). The summed E-state index contributed by atoms with van der Waals surface area (Å²) in [5, 5.41) is 0. The van der Waals surface area contributed by atoms with Crippen molar-refractivity contribution in [1.29, 1.82) is 0 Å². The molecule has 0 aliphatic rings. The van der Waals surface area contributed by atoms with Gasteiger partial charge >= 0.3 is 0 Å². The van der Waals surface area contributed by atoms with E-state index in [1.165, 1.54) is 64.2 Å². The highest BCUT2D eigenvalue weighted by molar-refractivity contribution is 4.56. The molecule has 0 heterocycles. The molecule has 0 radical (unpaired) electrons. The molecule has 0 N–H and O–H groups in total. The Hall–Kier alpha value is 0. The molecular weight excluding hydrogens is 192 g/mol. The van der Waals surface area contributed by atoms with Gasteiger partial charge < -0.3 is 0 Å². The van der Waals surface area contributed by atoms with E-state index < -0.39 is 0 Å². The summed E-state index contributed by atoms with van der Waals surface area (Å²) >= 11 is 0. The van der Waals surface area contributed by atoms with Crippen molar-refractivity contribution < 1.29 is 0 Å². The molecule has 0 aromatic carbocycles. The number of hydrogen-bond donors (Lipinski definition) is 0. The van der Waals surface area contributed by atoms with Gasteiger partial charge in [0.1, 0.15) is 0 Å². The lowest BCUT2D eigenvalue weighted by molar-refractivity contribution is 0.397. The molecule has 0 saturated heterocycles. The fourth-order valence-corrected chi connectivity index (χ4v) is 2.55. The lowest BCUT2D eigenvalue weighted by Gasteiger charge is -2.13. The van der Waals surface area contributed by atoms with E-state index >= 15 is 0 Å². The third kappa shape index (κ3) is 12.1. The van der Waals surface area contributed by atoms with Gasteiger partial charge in [-0.05, 0) is 18.3 Å². The molecule has 0 saturated carbocycles. The summed E-state index contributed by atoms with van der Waals surface area (Å²) in [5.41, 5.74) is 0. The molecule has 0 amide bonds. The quantitative estimate of drug-likeness (QED) is 0.368. The van der Waals surface area contributed by atoms with E-state index in [4.69, 9.17) is 0 Å². The summed E-state index contributed by atoms with van der Waals surface area (Å²) in [4.78, 5) is 0. The van der Waals surface area contributed by atoms with Crippen LogP contribution in [-0.2, 0) is 0 Å². The Morgan fingerprint density at radius 2 is 1.19 bits per heavy atom. The minimum absolute atomic E-state index is 0.879. The summed E-state index contributed by atoms with van der Waals surface area (Å²) in [6.45, 7) is 9.38. The van der Waals surface area contributed by atoms with Crippen LogP contribution in [0.15, 0.2) is 0 Å². The van der Waals surface area contributed by atoms with Gasteiger partial charge in [0, 0.05) is 0 Å². The largest absolute Gasteiger partial charge is 0.0654 e. The second-order valence-electron chi connectivity index (χ2n) is 6.00. The fraction of sp³-hybridized carbons (Fsp3) is 1.00. The van der Waals surface area contributed by atoms with Crippen molar-refractivity contribution in [2.24, 2.45) is 11.8 Å². The van der Waals surface area contributed by atoms with E-state index in [2.05, 4.69) is 27.7 Å². The Labute approximate surface area is 104 Å². The van der Waals surface area contributed by atoms with Crippen LogP contribution in [0.2, 0.25) is 0 Å². The highest BCUT2D eigenvalue weighted by atomic mass is 14.1. The van der Waals surface area contributed by atoms with Crippen molar-refractivity contribution >= 4 is 0 Å². The Bertz CT molecular complexity index is 126. The van der Waals surface area contributed by atoms with Gasteiger partial charge in [-0.1, -0.05) is 85.5 Å². The molecule has 0 bridgehead atoms. The van der Waals surface area contributed by atoms with E-state index in [9.17, 15) is 0 Å². The SMILES string of the molecule is CCCCCCCCCCC(C)CC(C)C. The highest BCUT2D eigenvalue weighted by Gasteiger charge is 2.04. The second kappa shape index (κ2) is 11.5. The summed E-state index contributed by atoms with van der Waals surface area (Å²) in [5.74, 6) is 1.82. The average molecular weight is 226 g/mol. The van der Waals surface area contributed by atoms with Gasteiger partial charge in [-0.15, -0.1) is 0 Å². The minimum atomic E-state index is 0.879. The van der Waals surface area contributed by atoms with Crippen molar-refractivity contribution in [2.45, 2.75) is 91.9 Å². The summed E-state index contributed by atoms with van der Waals surface area (Å²) in [6.07, 6.45) is 14.5. The highest BCUT2D eigenvalue weighted by Crippen LogP contribution is 2.18. The maximum absolute atomic E-state index is 2.42. The van der Waals surface area contributed by atoms with Gasteiger partial charge in [0.25, 0.3) is 0 Å².